The van der Waals surface area contributed by atoms with Crippen molar-refractivity contribution in [3.05, 3.63) is 66.0 Å². The van der Waals surface area contributed by atoms with Crippen LogP contribution in [-0.2, 0) is 13.2 Å². The molecule has 1 heterocycles. The Labute approximate surface area is 166 Å². The molecule has 0 fully saturated rings. The van der Waals surface area contributed by atoms with Crippen LogP contribution in [0.2, 0.25) is 0 Å². The normalized spacial score (nSPS) is 11.3. The Morgan fingerprint density at radius 2 is 1.76 bits per heavy atom. The monoisotopic (exact) mass is 403 g/mol. The van der Waals surface area contributed by atoms with Crippen LogP contribution in [-0.4, -0.2) is 22.3 Å². The van der Waals surface area contributed by atoms with Gasteiger partial charge in [0.15, 0.2) is 5.69 Å². The van der Waals surface area contributed by atoms with E-state index >= 15 is 0 Å². The first kappa shape index (κ1) is 20.4. The molecular weight excluding hydrogens is 383 g/mol. The molecule has 5 nitrogen and oxygen atoms in total. The largest absolute Gasteiger partial charge is 0.493 e. The third-order valence-electron chi connectivity index (χ3n) is 4.16. The minimum absolute atomic E-state index is 0.377. The van der Waals surface area contributed by atoms with Crippen LogP contribution in [0.25, 0.3) is 11.1 Å². The van der Waals surface area contributed by atoms with Crippen molar-refractivity contribution in [2.45, 2.75) is 19.5 Å². The summed E-state index contributed by atoms with van der Waals surface area (Å²) in [7, 11) is 1.33. The summed E-state index contributed by atoms with van der Waals surface area (Å²) in [6.07, 6.45) is -2.85. The number of aryl methyl sites for hydroxylation is 1. The summed E-state index contributed by atoms with van der Waals surface area (Å²) in [6, 6.07) is 14.2. The predicted octanol–water partition coefficient (Wildman–Crippen LogP) is 5.15. The van der Waals surface area contributed by atoms with Crippen molar-refractivity contribution in [2.24, 2.45) is 7.05 Å². The van der Waals surface area contributed by atoms with Gasteiger partial charge in [-0.25, -0.2) is 0 Å². The van der Waals surface area contributed by atoms with Gasteiger partial charge in [-0.2, -0.15) is 18.3 Å². The van der Waals surface area contributed by atoms with Gasteiger partial charge in [-0.05, 0) is 18.6 Å². The minimum Gasteiger partial charge on any atom is -0.493 e. The maximum atomic E-state index is 13.2. The lowest BCUT2D eigenvalue weighted by Gasteiger charge is -2.15. The number of carbonyl (C=O) groups is 1. The van der Waals surface area contributed by atoms with E-state index in [2.05, 4.69) is 10.4 Å². The molecule has 0 aliphatic rings. The van der Waals surface area contributed by atoms with Crippen LogP contribution in [0.4, 0.5) is 18.9 Å². The maximum Gasteiger partial charge on any atom is 0.435 e. The summed E-state index contributed by atoms with van der Waals surface area (Å²) in [6.45, 7) is 2.51. The van der Waals surface area contributed by atoms with E-state index in [9.17, 15) is 18.0 Å². The Balaban J connectivity index is 1.97. The van der Waals surface area contributed by atoms with Gasteiger partial charge >= 0.3 is 6.18 Å². The van der Waals surface area contributed by atoms with Crippen molar-refractivity contribution in [1.82, 2.24) is 9.78 Å². The topological polar surface area (TPSA) is 56.1 Å². The van der Waals surface area contributed by atoms with Crippen molar-refractivity contribution >= 4 is 11.6 Å². The molecule has 0 bridgehead atoms. The van der Waals surface area contributed by atoms with E-state index in [1.54, 1.807) is 24.3 Å². The number of carbonyl (C=O) groups excluding carboxylic acids is 1. The third kappa shape index (κ3) is 4.59. The quantitative estimate of drug-likeness (QED) is 0.620. The third-order valence-corrected chi connectivity index (χ3v) is 4.16. The Morgan fingerprint density at radius 1 is 1.10 bits per heavy atom. The minimum atomic E-state index is -4.73. The maximum absolute atomic E-state index is 13.2. The van der Waals surface area contributed by atoms with Crippen molar-refractivity contribution in [2.75, 3.05) is 11.9 Å². The van der Waals surface area contributed by atoms with Gasteiger partial charge in [0.1, 0.15) is 5.75 Å². The number of rotatable bonds is 6. The smallest absolute Gasteiger partial charge is 0.435 e. The molecule has 29 heavy (non-hydrogen) atoms. The van der Waals surface area contributed by atoms with Crippen LogP contribution in [0.1, 0.15) is 29.4 Å². The Bertz CT molecular complexity index is 1010. The Morgan fingerprint density at radius 3 is 2.45 bits per heavy atom. The van der Waals surface area contributed by atoms with Gasteiger partial charge in [0, 0.05) is 30.1 Å². The zero-order valence-electron chi connectivity index (χ0n) is 16.0. The van der Waals surface area contributed by atoms with E-state index in [0.29, 0.717) is 23.6 Å². The summed E-state index contributed by atoms with van der Waals surface area (Å²) in [5, 5.41) is 5.97. The molecular formula is C21H20F3N3O2. The Hall–Kier alpha value is -3.29. The lowest BCUT2D eigenvalue weighted by Crippen LogP contribution is -2.18. The highest BCUT2D eigenvalue weighted by Gasteiger charge is 2.39. The number of hydrogen-bond acceptors (Lipinski definition) is 3. The van der Waals surface area contributed by atoms with E-state index in [4.69, 9.17) is 4.74 Å². The van der Waals surface area contributed by atoms with Crippen molar-refractivity contribution in [1.29, 1.82) is 0 Å². The molecule has 0 unspecified atom stereocenters. The van der Waals surface area contributed by atoms with Gasteiger partial charge in [0.25, 0.3) is 5.91 Å². The van der Waals surface area contributed by atoms with Crippen molar-refractivity contribution in [3.8, 4) is 16.9 Å². The summed E-state index contributed by atoms with van der Waals surface area (Å²) in [4.78, 5) is 12.6. The number of amides is 1. The van der Waals surface area contributed by atoms with Crippen LogP contribution in [0.3, 0.4) is 0 Å². The molecule has 1 aromatic heterocycles. The molecule has 0 spiro atoms. The Kier molecular flexibility index (Phi) is 5.91. The number of para-hydroxylation sites is 2. The number of halogens is 3. The molecule has 0 radical (unpaired) electrons. The highest BCUT2D eigenvalue weighted by atomic mass is 19.4. The second-order valence-corrected chi connectivity index (χ2v) is 6.41. The van der Waals surface area contributed by atoms with E-state index < -0.39 is 23.3 Å². The molecule has 3 rings (SSSR count). The fourth-order valence-corrected chi connectivity index (χ4v) is 2.91. The first-order valence-electron chi connectivity index (χ1n) is 9.04. The fourth-order valence-electron chi connectivity index (χ4n) is 2.91. The average Bonchev–Trinajstić information content (AvgIpc) is 3.10. The number of aromatic nitrogens is 2. The van der Waals surface area contributed by atoms with Gasteiger partial charge in [-0.15, -0.1) is 0 Å². The molecule has 0 atom stereocenters. The second kappa shape index (κ2) is 8.38. The molecule has 1 N–H and O–H groups in total. The average molecular weight is 403 g/mol. The zero-order chi connectivity index (χ0) is 21.0. The molecule has 0 saturated carbocycles. The predicted molar refractivity (Wildman–Crippen MR) is 104 cm³/mol. The van der Waals surface area contributed by atoms with E-state index in [1.807, 2.05) is 31.2 Å². The SMILES string of the molecule is CCCOc1ccccc1-c1ccccc1NC(=O)c1cn(C)nc1C(F)(F)F. The molecule has 0 aliphatic carbocycles. The number of hydrogen-bond donors (Lipinski definition) is 1. The first-order chi connectivity index (χ1) is 13.8. The van der Waals surface area contributed by atoms with Gasteiger partial charge in [0.2, 0.25) is 0 Å². The lowest BCUT2D eigenvalue weighted by molar-refractivity contribution is -0.141. The summed E-state index contributed by atoms with van der Waals surface area (Å²) < 4.78 is 46.4. The van der Waals surface area contributed by atoms with Crippen LogP contribution in [0, 0.1) is 0 Å². The number of anilines is 1. The van der Waals surface area contributed by atoms with Crippen LogP contribution in [0.15, 0.2) is 54.7 Å². The number of benzene rings is 2. The summed E-state index contributed by atoms with van der Waals surface area (Å²) >= 11 is 0. The van der Waals surface area contributed by atoms with E-state index in [-0.39, 0.29) is 0 Å². The molecule has 2 aromatic carbocycles. The fraction of sp³-hybridized carbons (Fsp3) is 0.238. The standard InChI is InChI=1S/C21H20F3N3O2/c1-3-12-29-18-11-7-5-9-15(18)14-8-4-6-10-17(14)25-20(28)16-13-27(2)26-19(16)21(22,23)24/h4-11,13H,3,12H2,1-2H3,(H,25,28). The molecule has 0 aliphatic heterocycles. The zero-order valence-corrected chi connectivity index (χ0v) is 16.0. The molecule has 3 aromatic rings. The number of ether oxygens (including phenoxy) is 1. The molecule has 8 heteroatoms. The van der Waals surface area contributed by atoms with Gasteiger partial charge in [-0.1, -0.05) is 43.3 Å². The second-order valence-electron chi connectivity index (χ2n) is 6.41. The van der Waals surface area contributed by atoms with Gasteiger partial charge < -0.3 is 10.1 Å². The highest BCUT2D eigenvalue weighted by molar-refractivity contribution is 6.07. The summed E-state index contributed by atoms with van der Waals surface area (Å²) in [5.74, 6) is -0.252. The number of nitrogens with one attached hydrogen (secondary N) is 1. The highest BCUT2D eigenvalue weighted by Crippen LogP contribution is 2.36. The van der Waals surface area contributed by atoms with Gasteiger partial charge in [0.05, 0.1) is 12.2 Å². The number of nitrogens with zero attached hydrogens (tertiary/aromatic N) is 2. The van der Waals surface area contributed by atoms with Crippen LogP contribution >= 0.6 is 0 Å². The van der Waals surface area contributed by atoms with Crippen LogP contribution in [0.5, 0.6) is 5.75 Å². The first-order valence-corrected chi connectivity index (χ1v) is 9.04. The van der Waals surface area contributed by atoms with Crippen molar-refractivity contribution in [3.63, 3.8) is 0 Å². The molecule has 1 amide bonds. The van der Waals surface area contributed by atoms with Crippen LogP contribution < -0.4 is 10.1 Å². The molecule has 0 saturated heterocycles. The van der Waals surface area contributed by atoms with Gasteiger partial charge in [-0.3, -0.25) is 9.48 Å². The van der Waals surface area contributed by atoms with Crippen molar-refractivity contribution < 1.29 is 22.7 Å². The van der Waals surface area contributed by atoms with E-state index in [1.165, 1.54) is 7.05 Å². The van der Waals surface area contributed by atoms with E-state index in [0.717, 1.165) is 22.9 Å². The summed E-state index contributed by atoms with van der Waals surface area (Å²) in [5.41, 5.74) is -0.00177. The number of alkyl halides is 3. The lowest BCUT2D eigenvalue weighted by atomic mass is 10.0. The molecule has 152 valence electrons.